The average molecular weight is 457 g/mol. The Morgan fingerprint density at radius 3 is 2.19 bits per heavy atom. The molecule has 0 aliphatic carbocycles. The van der Waals surface area contributed by atoms with Crippen LogP contribution in [0.4, 0.5) is 13.2 Å². The third-order valence-corrected chi connectivity index (χ3v) is 4.32. The summed E-state index contributed by atoms with van der Waals surface area (Å²) in [6, 6.07) is 17.4. The molecular formula is C22H26F3NO6. The molecule has 2 atom stereocenters. The van der Waals surface area contributed by atoms with Crippen molar-refractivity contribution in [3.8, 4) is 17.2 Å². The molecule has 2 N–H and O–H groups in total. The number of methoxy groups -OCH3 is 1. The molecule has 0 spiro atoms. The lowest BCUT2D eigenvalue weighted by Crippen LogP contribution is -2.48. The number of alkyl halides is 3. The molecule has 1 aliphatic rings. The van der Waals surface area contributed by atoms with Gasteiger partial charge in [-0.25, -0.2) is 4.79 Å². The predicted molar refractivity (Wildman–Crippen MR) is 110 cm³/mol. The maximum atomic E-state index is 10.6. The van der Waals surface area contributed by atoms with Crippen LogP contribution >= 0.6 is 0 Å². The van der Waals surface area contributed by atoms with E-state index in [9.17, 15) is 13.2 Å². The van der Waals surface area contributed by atoms with Gasteiger partial charge in [-0.2, -0.15) is 13.2 Å². The first-order chi connectivity index (χ1) is 15.3. The van der Waals surface area contributed by atoms with E-state index in [1.807, 2.05) is 54.6 Å². The minimum Gasteiger partial charge on any atom is -0.488 e. The van der Waals surface area contributed by atoms with Crippen molar-refractivity contribution >= 4 is 5.97 Å². The molecule has 176 valence electrons. The summed E-state index contributed by atoms with van der Waals surface area (Å²) < 4.78 is 54.6. The molecule has 0 unspecified atom stereocenters. The summed E-state index contributed by atoms with van der Waals surface area (Å²) in [4.78, 5) is 8.90. The minimum absolute atomic E-state index is 0.0316. The Balaban J connectivity index is 0.000000451. The van der Waals surface area contributed by atoms with Gasteiger partial charge in [0.05, 0.1) is 13.2 Å². The molecule has 2 aromatic rings. The first-order valence-electron chi connectivity index (χ1n) is 9.90. The van der Waals surface area contributed by atoms with Crippen molar-refractivity contribution in [1.29, 1.82) is 0 Å². The van der Waals surface area contributed by atoms with E-state index in [1.54, 1.807) is 7.11 Å². The van der Waals surface area contributed by atoms with Crippen molar-refractivity contribution in [2.75, 3.05) is 33.4 Å². The molecule has 2 aromatic carbocycles. The largest absolute Gasteiger partial charge is 0.490 e. The summed E-state index contributed by atoms with van der Waals surface area (Å²) in [5.41, 5.74) is 0. The second-order valence-electron chi connectivity index (χ2n) is 6.74. The van der Waals surface area contributed by atoms with Gasteiger partial charge in [-0.3, -0.25) is 0 Å². The predicted octanol–water partition coefficient (Wildman–Crippen LogP) is 3.88. The molecule has 0 radical (unpaired) electrons. The number of carbonyl (C=O) groups is 1. The molecule has 0 bridgehead atoms. The maximum Gasteiger partial charge on any atom is 0.490 e. The Kier molecular flexibility index (Phi) is 10.3. The van der Waals surface area contributed by atoms with Gasteiger partial charge < -0.3 is 29.4 Å². The summed E-state index contributed by atoms with van der Waals surface area (Å²) in [6.07, 6.45) is -4.09. The van der Waals surface area contributed by atoms with E-state index >= 15 is 0 Å². The van der Waals surface area contributed by atoms with Gasteiger partial charge in [0.2, 0.25) is 0 Å². The topological polar surface area (TPSA) is 86.3 Å². The van der Waals surface area contributed by atoms with Crippen LogP contribution in [0.15, 0.2) is 54.6 Å². The second-order valence-corrected chi connectivity index (χ2v) is 6.74. The van der Waals surface area contributed by atoms with Crippen molar-refractivity contribution in [3.05, 3.63) is 54.6 Å². The van der Waals surface area contributed by atoms with Gasteiger partial charge in [0.25, 0.3) is 0 Å². The number of ether oxygens (including phenoxy) is 4. The summed E-state index contributed by atoms with van der Waals surface area (Å²) in [7, 11) is 1.68. The smallest absolute Gasteiger partial charge is 0.488 e. The van der Waals surface area contributed by atoms with E-state index in [4.69, 9.17) is 28.8 Å². The number of para-hydroxylation sites is 1. The fraction of sp³-hybridized carbons (Fsp3) is 0.409. The summed E-state index contributed by atoms with van der Waals surface area (Å²) in [5.74, 6) is -0.321. The summed E-state index contributed by atoms with van der Waals surface area (Å²) >= 11 is 0. The van der Waals surface area contributed by atoms with E-state index in [2.05, 4.69) is 5.32 Å². The lowest BCUT2D eigenvalue weighted by Gasteiger charge is -2.32. The van der Waals surface area contributed by atoms with E-state index in [-0.39, 0.29) is 12.2 Å². The number of nitrogens with one attached hydrogen (secondary N) is 1. The zero-order chi connectivity index (χ0) is 23.4. The van der Waals surface area contributed by atoms with Gasteiger partial charge in [-0.05, 0) is 49.4 Å². The number of hydrogen-bond acceptors (Lipinski definition) is 6. The van der Waals surface area contributed by atoms with E-state index in [1.165, 1.54) is 0 Å². The third kappa shape index (κ3) is 9.13. The Morgan fingerprint density at radius 2 is 1.59 bits per heavy atom. The van der Waals surface area contributed by atoms with Crippen molar-refractivity contribution in [3.63, 3.8) is 0 Å². The highest BCUT2D eigenvalue weighted by Gasteiger charge is 2.38. The number of rotatable bonds is 8. The van der Waals surface area contributed by atoms with Crippen molar-refractivity contribution < 1.29 is 42.0 Å². The van der Waals surface area contributed by atoms with E-state index < -0.39 is 12.1 Å². The number of aliphatic carboxylic acids is 1. The average Bonchev–Trinajstić information content (AvgIpc) is 2.77. The number of carboxylic acid groups (broad SMARTS) is 1. The molecule has 1 saturated heterocycles. The fourth-order valence-corrected chi connectivity index (χ4v) is 2.78. The summed E-state index contributed by atoms with van der Waals surface area (Å²) in [6.45, 7) is 2.90. The van der Waals surface area contributed by atoms with Gasteiger partial charge in [0.1, 0.15) is 29.5 Å². The quantitative estimate of drug-likeness (QED) is 0.582. The standard InChI is InChI=1S/C20H25NO4.C2HF3O2/c1-22-13-14-23-20-15-21-12-11-19(20)25-18-9-7-17(8-10-18)24-16-5-3-2-4-6-16;3-2(4,5)1(6)7/h2-10,19-21H,11-15H2,1H3;(H,6,7)/t19-,20-;/m0./s1. The van der Waals surface area contributed by atoms with Gasteiger partial charge in [-0.1, -0.05) is 18.2 Å². The summed E-state index contributed by atoms with van der Waals surface area (Å²) in [5, 5.41) is 10.5. The van der Waals surface area contributed by atoms with Gasteiger partial charge >= 0.3 is 12.1 Å². The molecular weight excluding hydrogens is 431 g/mol. The first-order valence-corrected chi connectivity index (χ1v) is 9.90. The second kappa shape index (κ2) is 12.9. The highest BCUT2D eigenvalue weighted by Crippen LogP contribution is 2.25. The van der Waals surface area contributed by atoms with Gasteiger partial charge in [0.15, 0.2) is 0 Å². The van der Waals surface area contributed by atoms with E-state index in [0.29, 0.717) is 13.2 Å². The zero-order valence-electron chi connectivity index (χ0n) is 17.5. The highest BCUT2D eigenvalue weighted by atomic mass is 19.4. The Morgan fingerprint density at radius 1 is 1.00 bits per heavy atom. The molecule has 10 heteroatoms. The Labute approximate surface area is 184 Å². The highest BCUT2D eigenvalue weighted by molar-refractivity contribution is 5.73. The lowest BCUT2D eigenvalue weighted by molar-refractivity contribution is -0.192. The van der Waals surface area contributed by atoms with Crippen molar-refractivity contribution in [2.24, 2.45) is 0 Å². The van der Waals surface area contributed by atoms with Gasteiger partial charge in [-0.15, -0.1) is 0 Å². The SMILES string of the molecule is COCCO[C@H]1CNCC[C@@H]1Oc1ccc(Oc2ccccc2)cc1.O=C(O)C(F)(F)F. The Hall–Kier alpha value is -2.82. The number of carboxylic acids is 1. The van der Waals surface area contributed by atoms with Crippen LogP contribution in [0.25, 0.3) is 0 Å². The monoisotopic (exact) mass is 457 g/mol. The zero-order valence-corrected chi connectivity index (χ0v) is 17.5. The number of piperidine rings is 1. The van der Waals surface area contributed by atoms with Crippen LogP contribution in [0.3, 0.4) is 0 Å². The third-order valence-electron chi connectivity index (χ3n) is 4.32. The van der Waals surface area contributed by atoms with Crippen LogP contribution in [-0.4, -0.2) is 62.9 Å². The Bertz CT molecular complexity index is 802. The van der Waals surface area contributed by atoms with Gasteiger partial charge in [0, 0.05) is 13.7 Å². The molecule has 3 rings (SSSR count). The minimum atomic E-state index is -5.08. The molecule has 0 amide bonds. The van der Waals surface area contributed by atoms with E-state index in [0.717, 1.165) is 36.8 Å². The normalized spacial score (nSPS) is 18.2. The maximum absolute atomic E-state index is 10.6. The molecule has 0 saturated carbocycles. The number of hydrogen-bond donors (Lipinski definition) is 2. The lowest BCUT2D eigenvalue weighted by atomic mass is 10.1. The number of benzene rings is 2. The van der Waals surface area contributed by atoms with Crippen LogP contribution in [0.1, 0.15) is 6.42 Å². The molecule has 0 aromatic heterocycles. The van der Waals surface area contributed by atoms with Crippen molar-refractivity contribution in [2.45, 2.75) is 24.8 Å². The molecule has 32 heavy (non-hydrogen) atoms. The molecule has 1 aliphatic heterocycles. The van der Waals surface area contributed by atoms with Crippen LogP contribution in [0.5, 0.6) is 17.2 Å². The van der Waals surface area contributed by atoms with Crippen LogP contribution in [-0.2, 0) is 14.3 Å². The number of halogens is 3. The van der Waals surface area contributed by atoms with Crippen LogP contribution < -0.4 is 14.8 Å². The molecule has 1 fully saturated rings. The fourth-order valence-electron chi connectivity index (χ4n) is 2.78. The van der Waals surface area contributed by atoms with Crippen LogP contribution in [0.2, 0.25) is 0 Å². The molecule has 7 nitrogen and oxygen atoms in total. The van der Waals surface area contributed by atoms with Crippen molar-refractivity contribution in [1.82, 2.24) is 5.32 Å². The van der Waals surface area contributed by atoms with Crippen LogP contribution in [0, 0.1) is 0 Å². The molecule has 1 heterocycles. The first kappa shape index (κ1) is 25.4.